The third-order valence-electron chi connectivity index (χ3n) is 6.52. The number of benzene rings is 3. The number of methoxy groups -OCH3 is 1. The molecular weight excluding hydrogens is 516 g/mol. The van der Waals surface area contributed by atoms with Crippen LogP contribution < -0.4 is 9.04 Å². The minimum absolute atomic E-state index is 0.210. The molecule has 1 fully saturated rings. The maximum atomic E-state index is 13.5. The highest BCUT2D eigenvalue weighted by atomic mass is 32.2. The topological polar surface area (TPSA) is 76.2 Å². The van der Waals surface area contributed by atoms with Crippen LogP contribution in [0.1, 0.15) is 22.3 Å². The molecule has 0 saturated carbocycles. The number of amides is 1. The molecule has 0 radical (unpaired) electrons. The van der Waals surface area contributed by atoms with Crippen LogP contribution in [0.2, 0.25) is 25.7 Å². The summed E-state index contributed by atoms with van der Waals surface area (Å²) in [4.78, 5) is 12.9. The van der Waals surface area contributed by atoms with E-state index < -0.39 is 24.2 Å². The zero-order valence-electron chi connectivity index (χ0n) is 22.5. The van der Waals surface area contributed by atoms with Gasteiger partial charge >= 0.3 is 10.2 Å². The average molecular weight is 553 g/mol. The van der Waals surface area contributed by atoms with Gasteiger partial charge in [0.15, 0.2) is 0 Å². The van der Waals surface area contributed by atoms with Crippen LogP contribution in [0.15, 0.2) is 72.8 Å². The smallest absolute Gasteiger partial charge is 0.329 e. The van der Waals surface area contributed by atoms with E-state index in [-0.39, 0.29) is 19.7 Å². The predicted octanol–water partition coefficient (Wildman–Crippen LogP) is 5.23. The van der Waals surface area contributed by atoms with Crippen molar-refractivity contribution < 1.29 is 22.7 Å². The fourth-order valence-corrected chi connectivity index (χ4v) is 6.99. The predicted molar refractivity (Wildman–Crippen MR) is 153 cm³/mol. The second-order valence-electron chi connectivity index (χ2n) is 10.7. The van der Waals surface area contributed by atoms with Crippen LogP contribution in [0.5, 0.6) is 5.75 Å². The van der Waals surface area contributed by atoms with Gasteiger partial charge in [0.05, 0.1) is 12.3 Å². The zero-order chi connectivity index (χ0) is 27.3. The fourth-order valence-electron chi connectivity index (χ4n) is 4.39. The number of ether oxygens (including phenoxy) is 2. The van der Waals surface area contributed by atoms with E-state index in [1.807, 2.05) is 60.7 Å². The SMILES string of the molecule is COCc1ccccc1Cc1ccc(N2CC(=O)N(CC[Si](C)(C)C)S2(=O)=O)c(OCc2ccccc2)c1. The number of carbonyl (C=O) groups excluding carboxylic acids is 1. The van der Waals surface area contributed by atoms with Crippen molar-refractivity contribution in [3.05, 3.63) is 95.1 Å². The van der Waals surface area contributed by atoms with Gasteiger partial charge in [0.1, 0.15) is 18.9 Å². The molecule has 38 heavy (non-hydrogen) atoms. The number of nitrogens with zero attached hydrogens (tertiary/aromatic N) is 2. The molecule has 1 aliphatic heterocycles. The maximum absolute atomic E-state index is 13.5. The van der Waals surface area contributed by atoms with Crippen LogP contribution >= 0.6 is 0 Å². The second kappa shape index (κ2) is 11.7. The summed E-state index contributed by atoms with van der Waals surface area (Å²) in [6.45, 7) is 7.25. The molecule has 202 valence electrons. The highest BCUT2D eigenvalue weighted by molar-refractivity contribution is 7.91. The van der Waals surface area contributed by atoms with Crippen molar-refractivity contribution in [2.45, 2.75) is 45.3 Å². The Kier molecular flexibility index (Phi) is 8.60. The van der Waals surface area contributed by atoms with Crippen molar-refractivity contribution in [3.63, 3.8) is 0 Å². The average Bonchev–Trinajstić information content (AvgIpc) is 3.10. The van der Waals surface area contributed by atoms with Crippen molar-refractivity contribution in [1.29, 1.82) is 0 Å². The maximum Gasteiger partial charge on any atom is 0.329 e. The van der Waals surface area contributed by atoms with Crippen molar-refractivity contribution in [3.8, 4) is 5.75 Å². The van der Waals surface area contributed by atoms with E-state index in [0.717, 1.165) is 26.6 Å². The van der Waals surface area contributed by atoms with Gasteiger partial charge in [-0.05, 0) is 46.9 Å². The lowest BCUT2D eigenvalue weighted by atomic mass is 9.99. The molecule has 7 nitrogen and oxygen atoms in total. The number of rotatable bonds is 11. The van der Waals surface area contributed by atoms with Crippen LogP contribution in [0.3, 0.4) is 0 Å². The highest BCUT2D eigenvalue weighted by Gasteiger charge is 2.43. The van der Waals surface area contributed by atoms with Crippen LogP contribution in [0, 0.1) is 0 Å². The van der Waals surface area contributed by atoms with Gasteiger partial charge in [-0.25, -0.2) is 8.61 Å². The van der Waals surface area contributed by atoms with Crippen LogP contribution in [0.25, 0.3) is 0 Å². The Labute approximate surface area is 227 Å². The van der Waals surface area contributed by atoms with Gasteiger partial charge in [-0.1, -0.05) is 80.3 Å². The number of carbonyl (C=O) groups is 1. The summed E-state index contributed by atoms with van der Waals surface area (Å²) in [5.74, 6) is 0.0221. The molecule has 1 aliphatic rings. The van der Waals surface area contributed by atoms with Crippen LogP contribution in [-0.2, 0) is 39.4 Å². The molecule has 1 heterocycles. The summed E-state index contributed by atoms with van der Waals surface area (Å²) in [6, 6.07) is 24.0. The van der Waals surface area contributed by atoms with Gasteiger partial charge in [0.25, 0.3) is 5.91 Å². The molecule has 0 unspecified atom stereocenters. The zero-order valence-corrected chi connectivity index (χ0v) is 24.3. The molecule has 3 aromatic rings. The van der Waals surface area contributed by atoms with Crippen LogP contribution in [0.4, 0.5) is 5.69 Å². The van der Waals surface area contributed by atoms with E-state index in [4.69, 9.17) is 9.47 Å². The minimum Gasteiger partial charge on any atom is -0.487 e. The normalized spacial score (nSPS) is 15.2. The first-order valence-electron chi connectivity index (χ1n) is 12.8. The third kappa shape index (κ3) is 6.64. The second-order valence-corrected chi connectivity index (χ2v) is 18.1. The number of anilines is 1. The molecule has 3 aromatic carbocycles. The minimum atomic E-state index is -4.00. The van der Waals surface area contributed by atoms with Gasteiger partial charge < -0.3 is 9.47 Å². The van der Waals surface area contributed by atoms with Gasteiger partial charge in [-0.15, -0.1) is 0 Å². The third-order valence-corrected chi connectivity index (χ3v) is 10.1. The molecule has 0 bridgehead atoms. The molecule has 9 heteroatoms. The lowest BCUT2D eigenvalue weighted by Crippen LogP contribution is -2.37. The molecular formula is C29H36N2O5SSi. The Bertz CT molecular complexity index is 1370. The summed E-state index contributed by atoms with van der Waals surface area (Å²) in [5, 5.41) is 0. The van der Waals surface area contributed by atoms with Gasteiger partial charge in [0, 0.05) is 21.7 Å². The standard InChI is InChI=1S/C29H36N2O5SSi/c1-35-22-26-13-9-8-12-25(26)18-24-14-15-27(28(19-24)36-21-23-10-6-5-7-11-23)31-20-29(32)30(37(31,33)34)16-17-38(2,3)4/h5-15,19H,16-18,20-22H2,1-4H3. The number of hydrogen-bond acceptors (Lipinski definition) is 5. The lowest BCUT2D eigenvalue weighted by Gasteiger charge is -2.24. The summed E-state index contributed by atoms with van der Waals surface area (Å²) in [6.07, 6.45) is 0.634. The number of hydrogen-bond donors (Lipinski definition) is 0. The summed E-state index contributed by atoms with van der Waals surface area (Å²) in [7, 11) is -3.87. The molecule has 0 N–H and O–H groups in total. The van der Waals surface area contributed by atoms with Gasteiger partial charge in [0.2, 0.25) is 0 Å². The van der Waals surface area contributed by atoms with Crippen molar-refractivity contribution in [1.82, 2.24) is 4.31 Å². The highest BCUT2D eigenvalue weighted by Crippen LogP contribution is 2.36. The van der Waals surface area contributed by atoms with Crippen molar-refractivity contribution >= 4 is 29.9 Å². The molecule has 4 rings (SSSR count). The van der Waals surface area contributed by atoms with Crippen LogP contribution in [-0.4, -0.2) is 46.9 Å². The molecule has 1 saturated heterocycles. The van der Waals surface area contributed by atoms with E-state index in [1.54, 1.807) is 13.2 Å². The largest absolute Gasteiger partial charge is 0.487 e. The Morgan fingerprint density at radius 3 is 2.24 bits per heavy atom. The van der Waals surface area contributed by atoms with E-state index in [2.05, 4.69) is 25.7 Å². The first kappa shape index (κ1) is 27.9. The Balaban J connectivity index is 1.67. The monoisotopic (exact) mass is 552 g/mol. The molecule has 1 amide bonds. The van der Waals surface area contributed by atoms with E-state index in [9.17, 15) is 13.2 Å². The Morgan fingerprint density at radius 1 is 0.868 bits per heavy atom. The molecule has 0 spiro atoms. The van der Waals surface area contributed by atoms with Gasteiger partial charge in [-0.2, -0.15) is 8.42 Å². The summed E-state index contributed by atoms with van der Waals surface area (Å²) < 4.78 is 40.8. The van der Waals surface area contributed by atoms with E-state index in [0.29, 0.717) is 30.5 Å². The first-order chi connectivity index (χ1) is 18.1. The van der Waals surface area contributed by atoms with E-state index >= 15 is 0 Å². The Hall–Kier alpha value is -3.14. The molecule has 0 aliphatic carbocycles. The summed E-state index contributed by atoms with van der Waals surface area (Å²) in [5.41, 5.74) is 4.53. The lowest BCUT2D eigenvalue weighted by molar-refractivity contribution is -0.123. The fraction of sp³-hybridized carbons (Fsp3) is 0.345. The first-order valence-corrected chi connectivity index (χ1v) is 17.9. The van der Waals surface area contributed by atoms with Crippen molar-refractivity contribution in [2.75, 3.05) is 24.5 Å². The Morgan fingerprint density at radius 2 is 1.55 bits per heavy atom. The van der Waals surface area contributed by atoms with E-state index in [1.165, 1.54) is 4.31 Å². The summed E-state index contributed by atoms with van der Waals surface area (Å²) >= 11 is 0. The van der Waals surface area contributed by atoms with Crippen molar-refractivity contribution in [2.24, 2.45) is 0 Å². The molecule has 0 atom stereocenters. The van der Waals surface area contributed by atoms with Gasteiger partial charge in [-0.3, -0.25) is 4.79 Å². The molecule has 0 aromatic heterocycles. The quantitative estimate of drug-likeness (QED) is 0.304.